The van der Waals surface area contributed by atoms with E-state index in [4.69, 9.17) is 4.74 Å². The third kappa shape index (κ3) is 3.80. The average Bonchev–Trinajstić information content (AvgIpc) is 2.73. The van der Waals surface area contributed by atoms with E-state index in [9.17, 15) is 9.59 Å². The van der Waals surface area contributed by atoms with Crippen LogP contribution in [0.3, 0.4) is 0 Å². The van der Waals surface area contributed by atoms with Gasteiger partial charge in [0.2, 0.25) is 0 Å². The molecule has 0 bridgehead atoms. The number of nitrogens with zero attached hydrogens (tertiary/aromatic N) is 2. The van der Waals surface area contributed by atoms with Gasteiger partial charge in [0.05, 0.1) is 35.5 Å². The predicted octanol–water partition coefficient (Wildman–Crippen LogP) is 3.02. The Morgan fingerprint density at radius 3 is 2.56 bits per heavy atom. The van der Waals surface area contributed by atoms with Gasteiger partial charge in [-0.15, -0.1) is 11.3 Å². The van der Waals surface area contributed by atoms with Gasteiger partial charge >= 0.3 is 12.1 Å². The molecule has 0 spiro atoms. The van der Waals surface area contributed by atoms with Crippen LogP contribution in [0.2, 0.25) is 0 Å². The Balaban J connectivity index is 2.91. The molecule has 0 atom stereocenters. The zero-order chi connectivity index (χ0) is 13.9. The van der Waals surface area contributed by atoms with E-state index in [1.54, 1.807) is 43.6 Å². The minimum Gasteiger partial charge on any atom is -0.465 e. The highest BCUT2D eigenvalue weighted by molar-refractivity contribution is 14.1. The third-order valence-electron chi connectivity index (χ3n) is 1.66. The number of methoxy groups -OCH3 is 1. The fourth-order valence-corrected chi connectivity index (χ4v) is 2.32. The summed E-state index contributed by atoms with van der Waals surface area (Å²) in [6.45, 7) is 5.28. The van der Waals surface area contributed by atoms with Gasteiger partial charge in [-0.1, -0.05) is 0 Å². The first-order chi connectivity index (χ1) is 8.26. The predicted molar refractivity (Wildman–Crippen MR) is 76.2 cm³/mol. The number of aromatic nitrogens is 1. The molecular formula is C10H13IN2O4S. The summed E-state index contributed by atoms with van der Waals surface area (Å²) < 4.78 is 11.0. The Kier molecular flexibility index (Phi) is 4.91. The van der Waals surface area contributed by atoms with Gasteiger partial charge in [-0.3, -0.25) is 0 Å². The van der Waals surface area contributed by atoms with Crippen molar-refractivity contribution in [3.63, 3.8) is 0 Å². The van der Waals surface area contributed by atoms with Crippen molar-refractivity contribution >= 4 is 52.1 Å². The number of thiazole rings is 1. The van der Waals surface area contributed by atoms with Crippen LogP contribution in [0.15, 0.2) is 5.51 Å². The molecule has 0 aliphatic carbocycles. The summed E-state index contributed by atoms with van der Waals surface area (Å²) in [6.07, 6.45) is -0.584. The maximum Gasteiger partial charge on any atom is 0.425 e. The number of amides is 1. The molecule has 1 amide bonds. The van der Waals surface area contributed by atoms with Crippen molar-refractivity contribution in [1.82, 2.24) is 4.98 Å². The summed E-state index contributed by atoms with van der Waals surface area (Å²) in [5.74, 6) is -0.306. The molecule has 0 N–H and O–H groups in total. The monoisotopic (exact) mass is 384 g/mol. The summed E-state index contributed by atoms with van der Waals surface area (Å²) >= 11 is 2.85. The highest BCUT2D eigenvalue weighted by atomic mass is 127. The van der Waals surface area contributed by atoms with Crippen LogP contribution in [-0.2, 0) is 9.47 Å². The number of carbonyl (C=O) groups is 2. The van der Waals surface area contributed by atoms with Gasteiger partial charge in [0.1, 0.15) is 5.60 Å². The lowest BCUT2D eigenvalue weighted by Gasteiger charge is -2.22. The molecule has 0 fully saturated rings. The Bertz CT molecular complexity index is 455. The molecule has 1 aromatic rings. The first-order valence-electron chi connectivity index (χ1n) is 4.97. The molecular weight excluding hydrogens is 371 g/mol. The molecule has 0 saturated heterocycles. The molecule has 1 heterocycles. The quantitative estimate of drug-likeness (QED) is 0.446. The van der Waals surface area contributed by atoms with Gasteiger partial charge < -0.3 is 9.47 Å². The molecule has 6 nitrogen and oxygen atoms in total. The standard InChI is InChI=1S/C10H13IN2O4S/c1-10(2,3)17-9(15)13(11)7-6(8(14)16-4)18-5-12-7/h5H,1-4H3. The number of rotatable bonds is 2. The number of halogens is 1. The van der Waals surface area contributed by atoms with Crippen molar-refractivity contribution in [3.05, 3.63) is 10.4 Å². The Labute approximate surface area is 123 Å². The molecule has 0 radical (unpaired) electrons. The first-order valence-corrected chi connectivity index (χ1v) is 6.81. The van der Waals surface area contributed by atoms with Crippen molar-refractivity contribution in [3.8, 4) is 0 Å². The summed E-state index contributed by atoms with van der Waals surface area (Å²) in [5, 5.41) is 0. The number of carbonyl (C=O) groups excluding carboxylic acids is 2. The SMILES string of the molecule is COC(=O)c1scnc1N(I)C(=O)OC(C)(C)C. The van der Waals surface area contributed by atoms with E-state index in [1.165, 1.54) is 12.6 Å². The van der Waals surface area contributed by atoms with Crippen molar-refractivity contribution in [2.75, 3.05) is 10.2 Å². The summed E-state index contributed by atoms with van der Waals surface area (Å²) in [5.41, 5.74) is 0.861. The molecule has 0 unspecified atom stereocenters. The zero-order valence-electron chi connectivity index (χ0n) is 10.4. The maximum absolute atomic E-state index is 11.8. The lowest BCUT2D eigenvalue weighted by molar-refractivity contribution is 0.0606. The van der Waals surface area contributed by atoms with Crippen molar-refractivity contribution in [2.24, 2.45) is 0 Å². The summed E-state index contributed by atoms with van der Waals surface area (Å²) in [7, 11) is 1.27. The van der Waals surface area contributed by atoms with Crippen LogP contribution in [0.1, 0.15) is 30.4 Å². The van der Waals surface area contributed by atoms with Crippen LogP contribution >= 0.6 is 34.2 Å². The summed E-state index contributed by atoms with van der Waals surface area (Å²) in [6, 6.07) is 0. The number of esters is 1. The van der Waals surface area contributed by atoms with Gasteiger partial charge in [-0.25, -0.2) is 14.6 Å². The number of anilines is 1. The Hall–Kier alpha value is -0.900. The smallest absolute Gasteiger partial charge is 0.425 e. The van der Waals surface area contributed by atoms with Crippen LogP contribution in [0.25, 0.3) is 0 Å². The van der Waals surface area contributed by atoms with E-state index < -0.39 is 17.7 Å². The second kappa shape index (κ2) is 5.83. The van der Waals surface area contributed by atoms with Crippen molar-refractivity contribution < 1.29 is 19.1 Å². The van der Waals surface area contributed by atoms with Crippen molar-refractivity contribution in [2.45, 2.75) is 26.4 Å². The summed E-state index contributed by atoms with van der Waals surface area (Å²) in [4.78, 5) is 27.5. The van der Waals surface area contributed by atoms with E-state index in [2.05, 4.69) is 9.72 Å². The van der Waals surface area contributed by atoms with Crippen molar-refractivity contribution in [1.29, 1.82) is 0 Å². The fraction of sp³-hybridized carbons (Fsp3) is 0.500. The molecule has 18 heavy (non-hydrogen) atoms. The maximum atomic E-state index is 11.8. The van der Waals surface area contributed by atoms with Crippen LogP contribution in [0.5, 0.6) is 0 Å². The van der Waals surface area contributed by atoms with Gasteiger partial charge in [0.15, 0.2) is 10.7 Å². The van der Waals surface area contributed by atoms with E-state index in [1.807, 2.05) is 0 Å². The lowest BCUT2D eigenvalue weighted by Crippen LogP contribution is -2.31. The van der Waals surface area contributed by atoms with Crippen LogP contribution in [0.4, 0.5) is 10.6 Å². The molecule has 0 aliphatic rings. The second-order valence-corrected chi connectivity index (χ2v) is 6.08. The molecule has 100 valence electrons. The third-order valence-corrected chi connectivity index (χ3v) is 3.31. The molecule has 0 saturated carbocycles. The van der Waals surface area contributed by atoms with Gasteiger partial charge in [-0.2, -0.15) is 3.11 Å². The van der Waals surface area contributed by atoms with Gasteiger partial charge in [-0.05, 0) is 20.8 Å². The number of hydrogen-bond donors (Lipinski definition) is 0. The normalized spacial score (nSPS) is 10.9. The number of hydrogen-bond acceptors (Lipinski definition) is 6. The Morgan fingerprint density at radius 1 is 1.44 bits per heavy atom. The van der Waals surface area contributed by atoms with Crippen LogP contribution in [0, 0.1) is 0 Å². The molecule has 0 aromatic carbocycles. The van der Waals surface area contributed by atoms with E-state index in [-0.39, 0.29) is 10.7 Å². The minimum absolute atomic E-state index is 0.224. The van der Waals surface area contributed by atoms with Crippen LogP contribution < -0.4 is 3.11 Å². The van der Waals surface area contributed by atoms with Gasteiger partial charge in [0.25, 0.3) is 0 Å². The minimum atomic E-state index is -0.609. The van der Waals surface area contributed by atoms with E-state index >= 15 is 0 Å². The molecule has 1 rings (SSSR count). The first kappa shape index (κ1) is 15.2. The molecule has 1 aromatic heterocycles. The highest BCUT2D eigenvalue weighted by Gasteiger charge is 2.27. The lowest BCUT2D eigenvalue weighted by atomic mass is 10.2. The second-order valence-electron chi connectivity index (χ2n) is 4.26. The Morgan fingerprint density at radius 2 is 2.06 bits per heavy atom. The molecule has 0 aliphatic heterocycles. The topological polar surface area (TPSA) is 68.7 Å². The van der Waals surface area contributed by atoms with E-state index in [0.29, 0.717) is 0 Å². The molecule has 8 heteroatoms. The van der Waals surface area contributed by atoms with Gasteiger partial charge in [0, 0.05) is 0 Å². The average molecular weight is 384 g/mol. The largest absolute Gasteiger partial charge is 0.465 e. The highest BCUT2D eigenvalue weighted by Crippen LogP contribution is 2.27. The number of ether oxygens (including phenoxy) is 2. The fourth-order valence-electron chi connectivity index (χ4n) is 1.00. The zero-order valence-corrected chi connectivity index (χ0v) is 13.4. The van der Waals surface area contributed by atoms with E-state index in [0.717, 1.165) is 14.5 Å². The van der Waals surface area contributed by atoms with Crippen LogP contribution in [-0.4, -0.2) is 29.8 Å².